The fourth-order valence-corrected chi connectivity index (χ4v) is 9.20. The van der Waals surface area contributed by atoms with Gasteiger partial charge in [-0.3, -0.25) is 0 Å². The quantitative estimate of drug-likeness (QED) is 0.495. The van der Waals surface area contributed by atoms with Crippen molar-refractivity contribution in [2.45, 2.75) is 98.8 Å². The molecule has 0 aliphatic heterocycles. The van der Waals surface area contributed by atoms with Crippen molar-refractivity contribution in [3.63, 3.8) is 0 Å². The van der Waals surface area contributed by atoms with Gasteiger partial charge in [0.1, 0.15) is 0 Å². The zero-order chi connectivity index (χ0) is 17.8. The molecule has 10 unspecified atom stereocenters. The molecule has 4 aliphatic rings. The molecule has 0 aromatic heterocycles. The summed E-state index contributed by atoms with van der Waals surface area (Å²) < 4.78 is 0. The highest BCUT2D eigenvalue weighted by molar-refractivity contribution is 5.09. The smallest absolute Gasteiger partial charge is 0.0264 e. The van der Waals surface area contributed by atoms with Crippen LogP contribution in [-0.4, -0.2) is 0 Å². The van der Waals surface area contributed by atoms with Gasteiger partial charge in [0.2, 0.25) is 0 Å². The lowest BCUT2D eigenvalue weighted by atomic mass is 9.43. The Morgan fingerprint density at radius 3 is 2.40 bits per heavy atom. The summed E-state index contributed by atoms with van der Waals surface area (Å²) in [5.74, 6) is 9.32. The second kappa shape index (κ2) is 6.87. The molecule has 0 aromatic rings. The third-order valence-corrected chi connectivity index (χ3v) is 10.1. The van der Waals surface area contributed by atoms with Crippen LogP contribution in [0.15, 0.2) is 0 Å². The van der Waals surface area contributed by atoms with Crippen molar-refractivity contribution in [2.75, 3.05) is 0 Å². The summed E-state index contributed by atoms with van der Waals surface area (Å²) in [5, 5.41) is 0. The van der Waals surface area contributed by atoms with Gasteiger partial charge in [0.25, 0.3) is 0 Å². The van der Waals surface area contributed by atoms with Gasteiger partial charge in [-0.05, 0) is 97.2 Å². The van der Waals surface area contributed by atoms with Crippen LogP contribution in [-0.2, 0) is 0 Å². The summed E-state index contributed by atoms with van der Waals surface area (Å²) in [6.07, 6.45) is 15.2. The van der Waals surface area contributed by atoms with Crippen LogP contribution in [0.1, 0.15) is 98.8 Å². The summed E-state index contributed by atoms with van der Waals surface area (Å²) in [5.41, 5.74) is 0.685. The van der Waals surface area contributed by atoms with Crippen molar-refractivity contribution in [2.24, 2.45) is 58.7 Å². The van der Waals surface area contributed by atoms with Crippen LogP contribution in [0, 0.1) is 58.7 Å². The summed E-state index contributed by atoms with van der Waals surface area (Å²) >= 11 is 0. The molecule has 0 aromatic carbocycles. The Bertz CT molecular complexity index is 467. The van der Waals surface area contributed by atoms with E-state index >= 15 is 0 Å². The van der Waals surface area contributed by atoms with Gasteiger partial charge in [-0.15, -0.1) is 0 Å². The van der Waals surface area contributed by atoms with Crippen molar-refractivity contribution in [1.29, 1.82) is 0 Å². The van der Waals surface area contributed by atoms with Gasteiger partial charge in [-0.2, -0.15) is 0 Å². The van der Waals surface area contributed by atoms with E-state index in [0.29, 0.717) is 5.41 Å². The monoisotopic (exact) mass is 344 g/mol. The summed E-state index contributed by atoms with van der Waals surface area (Å²) in [6.45, 7) is 13.1. The molecule has 144 valence electrons. The van der Waals surface area contributed by atoms with E-state index in [-0.39, 0.29) is 0 Å². The van der Waals surface area contributed by atoms with E-state index in [0.717, 1.165) is 53.3 Å². The van der Waals surface area contributed by atoms with Gasteiger partial charge in [0.05, 0.1) is 0 Å². The molecule has 0 amide bonds. The third kappa shape index (κ3) is 2.84. The van der Waals surface area contributed by atoms with Crippen LogP contribution in [0.2, 0.25) is 0 Å². The largest absolute Gasteiger partial charge is 0.0654 e. The van der Waals surface area contributed by atoms with Crippen molar-refractivity contribution in [1.82, 2.24) is 0 Å². The average molecular weight is 345 g/mol. The van der Waals surface area contributed by atoms with Crippen LogP contribution in [0.4, 0.5) is 0 Å². The predicted octanol–water partition coefficient (Wildman–Crippen LogP) is 7.57. The maximum atomic E-state index is 2.74. The Hall–Kier alpha value is 0. The lowest BCUT2D eigenvalue weighted by Gasteiger charge is -2.62. The first kappa shape index (κ1) is 18.4. The highest BCUT2D eigenvalue weighted by Crippen LogP contribution is 2.67. The Balaban J connectivity index is 1.63. The number of hydrogen-bond acceptors (Lipinski definition) is 0. The Kier molecular flexibility index (Phi) is 5.04. The number of unbranched alkanes of at least 4 members (excludes halogenated alkanes) is 1. The SMILES string of the molecule is CCCCC1C(C)CC2C1CC(C)C1C2C(C)CC2CCCCC21C. The fourth-order valence-electron chi connectivity index (χ4n) is 9.20. The minimum absolute atomic E-state index is 0.685. The molecule has 4 saturated carbocycles. The van der Waals surface area contributed by atoms with Crippen LogP contribution in [0.25, 0.3) is 0 Å². The summed E-state index contributed by atoms with van der Waals surface area (Å²) in [6, 6.07) is 0. The average Bonchev–Trinajstić information content (AvgIpc) is 2.88. The van der Waals surface area contributed by atoms with Crippen molar-refractivity contribution < 1.29 is 0 Å². The molecule has 25 heavy (non-hydrogen) atoms. The van der Waals surface area contributed by atoms with Crippen molar-refractivity contribution in [3.05, 3.63) is 0 Å². The van der Waals surface area contributed by atoms with Gasteiger partial charge in [0.15, 0.2) is 0 Å². The molecule has 0 radical (unpaired) electrons. The van der Waals surface area contributed by atoms with Gasteiger partial charge in [-0.25, -0.2) is 0 Å². The highest BCUT2D eigenvalue weighted by atomic mass is 14.6. The summed E-state index contributed by atoms with van der Waals surface area (Å²) in [4.78, 5) is 0. The molecular formula is C25H44. The standard InChI is InChI=1S/C25H44/c1-6-7-11-20-16(2)14-22-21(20)15-18(4)24-23(22)17(3)13-19-10-8-9-12-25(19,24)5/h16-24H,6-15H2,1-5H3. The number of rotatable bonds is 3. The molecule has 0 saturated heterocycles. The first-order chi connectivity index (χ1) is 12.0. The molecule has 4 aliphatic carbocycles. The Morgan fingerprint density at radius 2 is 1.64 bits per heavy atom. The highest BCUT2D eigenvalue weighted by Gasteiger charge is 2.60. The Labute approximate surface area is 157 Å². The van der Waals surface area contributed by atoms with Crippen LogP contribution in [0.5, 0.6) is 0 Å². The van der Waals surface area contributed by atoms with Gasteiger partial charge < -0.3 is 0 Å². The molecule has 4 rings (SSSR count). The van der Waals surface area contributed by atoms with E-state index in [4.69, 9.17) is 0 Å². The van der Waals surface area contributed by atoms with E-state index in [2.05, 4.69) is 34.6 Å². The lowest BCUT2D eigenvalue weighted by Crippen LogP contribution is -2.56. The molecule has 0 heteroatoms. The molecular weight excluding hydrogens is 300 g/mol. The second-order valence-corrected chi connectivity index (χ2v) is 11.3. The first-order valence-electron chi connectivity index (χ1n) is 12.0. The zero-order valence-electron chi connectivity index (χ0n) is 17.8. The fraction of sp³-hybridized carbons (Fsp3) is 1.00. The summed E-state index contributed by atoms with van der Waals surface area (Å²) in [7, 11) is 0. The maximum absolute atomic E-state index is 2.74. The molecule has 4 fully saturated rings. The minimum atomic E-state index is 0.685. The topological polar surface area (TPSA) is 0 Å². The Morgan fingerprint density at radius 1 is 0.880 bits per heavy atom. The minimum Gasteiger partial charge on any atom is -0.0654 e. The van der Waals surface area contributed by atoms with E-state index in [1.54, 1.807) is 32.1 Å². The molecule has 0 heterocycles. The molecule has 0 spiro atoms. The van der Waals surface area contributed by atoms with Gasteiger partial charge in [-0.1, -0.05) is 60.3 Å². The second-order valence-electron chi connectivity index (χ2n) is 11.3. The van der Waals surface area contributed by atoms with E-state index in [9.17, 15) is 0 Å². The van der Waals surface area contributed by atoms with E-state index in [1.165, 1.54) is 32.1 Å². The lowest BCUT2D eigenvalue weighted by molar-refractivity contribution is -0.137. The van der Waals surface area contributed by atoms with E-state index in [1.807, 2.05) is 0 Å². The van der Waals surface area contributed by atoms with Gasteiger partial charge >= 0.3 is 0 Å². The molecule has 0 nitrogen and oxygen atoms in total. The third-order valence-electron chi connectivity index (χ3n) is 10.1. The van der Waals surface area contributed by atoms with Crippen LogP contribution < -0.4 is 0 Å². The predicted molar refractivity (Wildman–Crippen MR) is 108 cm³/mol. The molecule has 0 bridgehead atoms. The zero-order valence-corrected chi connectivity index (χ0v) is 17.8. The molecule has 10 atom stereocenters. The molecule has 0 N–H and O–H groups in total. The van der Waals surface area contributed by atoms with Crippen molar-refractivity contribution >= 4 is 0 Å². The first-order valence-corrected chi connectivity index (χ1v) is 12.0. The number of hydrogen-bond donors (Lipinski definition) is 0. The van der Waals surface area contributed by atoms with Gasteiger partial charge in [0, 0.05) is 0 Å². The maximum Gasteiger partial charge on any atom is -0.0264 e. The van der Waals surface area contributed by atoms with Crippen molar-refractivity contribution in [3.8, 4) is 0 Å². The van der Waals surface area contributed by atoms with Crippen LogP contribution in [0.3, 0.4) is 0 Å². The van der Waals surface area contributed by atoms with E-state index < -0.39 is 0 Å². The normalized spacial score (nSPS) is 55.3. The number of fused-ring (bicyclic) bond motifs is 5. The van der Waals surface area contributed by atoms with Crippen LogP contribution >= 0.6 is 0 Å².